The van der Waals surface area contributed by atoms with Crippen molar-refractivity contribution in [3.63, 3.8) is 0 Å². The zero-order chi connectivity index (χ0) is 8.39. The third-order valence-corrected chi connectivity index (χ3v) is 3.08. The summed E-state index contributed by atoms with van der Waals surface area (Å²) < 4.78 is 5.27. The Bertz CT molecular complexity index is 189. The molecule has 0 aliphatic carbocycles. The van der Waals surface area contributed by atoms with Crippen LogP contribution in [-0.2, 0) is 4.74 Å². The Kier molecular flexibility index (Phi) is 2.56. The highest BCUT2D eigenvalue weighted by atomic mass is 32.2. The first-order valence-electron chi connectivity index (χ1n) is 4.40. The molecule has 2 unspecified atom stereocenters. The molecule has 4 heteroatoms. The summed E-state index contributed by atoms with van der Waals surface area (Å²) in [5.74, 6) is 0. The fraction of sp³-hybridized carbons (Fsp3) is 0.875. The molecule has 2 atom stereocenters. The first-order valence-corrected chi connectivity index (χ1v) is 5.28. The lowest BCUT2D eigenvalue weighted by atomic mass is 10.3. The molecule has 3 nitrogen and oxygen atoms in total. The van der Waals surface area contributed by atoms with E-state index < -0.39 is 0 Å². The molecule has 2 aliphatic heterocycles. The smallest absolute Gasteiger partial charge is 0.157 e. The summed E-state index contributed by atoms with van der Waals surface area (Å²) in [7, 11) is 0. The van der Waals surface area contributed by atoms with Crippen molar-refractivity contribution >= 4 is 16.9 Å². The van der Waals surface area contributed by atoms with Crippen molar-refractivity contribution in [1.29, 1.82) is 0 Å². The summed E-state index contributed by atoms with van der Waals surface area (Å²) in [6, 6.07) is 0.501. The normalized spacial score (nSPS) is 35.2. The van der Waals surface area contributed by atoms with Crippen molar-refractivity contribution in [2.24, 2.45) is 4.99 Å². The van der Waals surface area contributed by atoms with E-state index in [9.17, 15) is 0 Å². The van der Waals surface area contributed by atoms with Crippen LogP contribution in [0.15, 0.2) is 4.99 Å². The maximum Gasteiger partial charge on any atom is 0.157 e. The molecule has 1 saturated heterocycles. The molecule has 1 N–H and O–H groups in total. The van der Waals surface area contributed by atoms with Crippen molar-refractivity contribution in [1.82, 2.24) is 5.32 Å². The van der Waals surface area contributed by atoms with Crippen LogP contribution < -0.4 is 5.32 Å². The Labute approximate surface area is 77.0 Å². The Balaban J connectivity index is 1.79. The molecule has 1 fully saturated rings. The molecule has 68 valence electrons. The lowest BCUT2D eigenvalue weighted by molar-refractivity contribution is 0.192. The molecule has 0 aromatic carbocycles. The highest BCUT2D eigenvalue weighted by Gasteiger charge is 2.20. The molecule has 0 spiro atoms. The fourth-order valence-electron chi connectivity index (χ4n) is 1.38. The molecule has 2 heterocycles. The van der Waals surface area contributed by atoms with Gasteiger partial charge < -0.3 is 10.1 Å². The molecule has 0 aromatic rings. The van der Waals surface area contributed by atoms with Crippen LogP contribution in [-0.4, -0.2) is 36.2 Å². The Morgan fingerprint density at radius 3 is 3.17 bits per heavy atom. The van der Waals surface area contributed by atoms with E-state index in [0.29, 0.717) is 11.3 Å². The number of amidine groups is 1. The van der Waals surface area contributed by atoms with Gasteiger partial charge in [-0.1, -0.05) is 18.7 Å². The van der Waals surface area contributed by atoms with Gasteiger partial charge in [-0.15, -0.1) is 0 Å². The largest absolute Gasteiger partial charge is 0.379 e. The van der Waals surface area contributed by atoms with Gasteiger partial charge in [-0.3, -0.25) is 4.99 Å². The number of rotatable bonds is 1. The molecular weight excluding hydrogens is 172 g/mol. The molecule has 0 saturated carbocycles. The summed E-state index contributed by atoms with van der Waals surface area (Å²) in [5.41, 5.74) is 0. The lowest BCUT2D eigenvalue weighted by Gasteiger charge is -2.10. The predicted molar refractivity (Wildman–Crippen MR) is 51.7 cm³/mol. The number of ether oxygens (including phenoxy) is 1. The van der Waals surface area contributed by atoms with Crippen LogP contribution in [0.25, 0.3) is 0 Å². The molecule has 0 aromatic heterocycles. The average molecular weight is 186 g/mol. The summed E-state index contributed by atoms with van der Waals surface area (Å²) in [6.45, 7) is 4.90. The van der Waals surface area contributed by atoms with Gasteiger partial charge in [-0.05, 0) is 6.42 Å². The zero-order valence-electron chi connectivity index (χ0n) is 7.25. The number of nitrogens with zero attached hydrogens (tertiary/aromatic N) is 1. The van der Waals surface area contributed by atoms with Crippen molar-refractivity contribution in [2.45, 2.75) is 24.6 Å². The van der Waals surface area contributed by atoms with Gasteiger partial charge in [0, 0.05) is 11.9 Å². The lowest BCUT2D eigenvalue weighted by Crippen LogP contribution is -2.32. The maximum absolute atomic E-state index is 5.27. The average Bonchev–Trinajstić information content (AvgIpc) is 2.63. The number of hydrogen-bond acceptors (Lipinski definition) is 4. The Morgan fingerprint density at radius 2 is 2.58 bits per heavy atom. The van der Waals surface area contributed by atoms with E-state index in [0.717, 1.165) is 31.3 Å². The van der Waals surface area contributed by atoms with Gasteiger partial charge in [0.25, 0.3) is 0 Å². The molecule has 0 bridgehead atoms. The predicted octanol–water partition coefficient (Wildman–Crippen LogP) is 0.856. The summed E-state index contributed by atoms with van der Waals surface area (Å²) >= 11 is 1.84. The first kappa shape index (κ1) is 8.38. The van der Waals surface area contributed by atoms with Crippen LogP contribution in [0.4, 0.5) is 0 Å². The third-order valence-electron chi connectivity index (χ3n) is 2.06. The van der Waals surface area contributed by atoms with Gasteiger partial charge in [0.2, 0.25) is 0 Å². The summed E-state index contributed by atoms with van der Waals surface area (Å²) in [6.07, 6.45) is 1.12. The minimum atomic E-state index is 0.501. The van der Waals surface area contributed by atoms with E-state index >= 15 is 0 Å². The number of nitrogens with one attached hydrogen (secondary N) is 1. The number of aliphatic imine (C=N–C) groups is 1. The van der Waals surface area contributed by atoms with Gasteiger partial charge in [0.1, 0.15) is 0 Å². The van der Waals surface area contributed by atoms with Gasteiger partial charge in [0.15, 0.2) is 5.17 Å². The highest BCUT2D eigenvalue weighted by Crippen LogP contribution is 2.19. The Morgan fingerprint density at radius 1 is 1.67 bits per heavy atom. The van der Waals surface area contributed by atoms with E-state index in [-0.39, 0.29) is 0 Å². The van der Waals surface area contributed by atoms with Crippen LogP contribution in [0.2, 0.25) is 0 Å². The molecule has 0 amide bonds. The van der Waals surface area contributed by atoms with Crippen LogP contribution >= 0.6 is 11.8 Å². The first-order chi connectivity index (χ1) is 5.84. The van der Waals surface area contributed by atoms with E-state index in [1.54, 1.807) is 0 Å². The Hall–Kier alpha value is -0.220. The number of thioether (sulfide) groups is 1. The minimum absolute atomic E-state index is 0.501. The van der Waals surface area contributed by atoms with Crippen LogP contribution in [0.3, 0.4) is 0 Å². The van der Waals surface area contributed by atoms with Crippen molar-refractivity contribution in [3.8, 4) is 0 Å². The quantitative estimate of drug-likeness (QED) is 0.659. The van der Waals surface area contributed by atoms with E-state index in [4.69, 9.17) is 4.74 Å². The van der Waals surface area contributed by atoms with Gasteiger partial charge in [0.05, 0.1) is 19.2 Å². The minimum Gasteiger partial charge on any atom is -0.379 e. The highest BCUT2D eigenvalue weighted by molar-refractivity contribution is 8.14. The summed E-state index contributed by atoms with van der Waals surface area (Å²) in [5, 5.41) is 5.15. The van der Waals surface area contributed by atoms with E-state index in [1.807, 2.05) is 11.8 Å². The van der Waals surface area contributed by atoms with Crippen molar-refractivity contribution < 1.29 is 4.74 Å². The third kappa shape index (κ3) is 1.93. The monoisotopic (exact) mass is 186 g/mol. The van der Waals surface area contributed by atoms with E-state index in [1.165, 1.54) is 0 Å². The molecule has 0 radical (unpaired) electrons. The summed E-state index contributed by atoms with van der Waals surface area (Å²) in [4.78, 5) is 4.39. The molecule has 2 aliphatic rings. The number of hydrogen-bond donors (Lipinski definition) is 1. The molecule has 12 heavy (non-hydrogen) atoms. The second-order valence-corrected chi connectivity index (χ2v) is 4.71. The SMILES string of the molecule is CC1CN=C(NC2CCOC2)S1. The fourth-order valence-corrected chi connectivity index (χ4v) is 2.29. The van der Waals surface area contributed by atoms with Gasteiger partial charge in [-0.25, -0.2) is 0 Å². The molecule has 2 rings (SSSR count). The molecular formula is C8H14N2OS. The van der Waals surface area contributed by atoms with Crippen LogP contribution in [0, 0.1) is 0 Å². The second kappa shape index (κ2) is 3.66. The van der Waals surface area contributed by atoms with E-state index in [2.05, 4.69) is 17.2 Å². The van der Waals surface area contributed by atoms with Crippen molar-refractivity contribution in [2.75, 3.05) is 19.8 Å². The van der Waals surface area contributed by atoms with Gasteiger partial charge >= 0.3 is 0 Å². The second-order valence-electron chi connectivity index (χ2n) is 3.28. The standard InChI is InChI=1S/C8H14N2OS/c1-6-4-9-8(12-6)10-7-2-3-11-5-7/h6-7H,2-5H2,1H3,(H,9,10). The van der Waals surface area contributed by atoms with Crippen LogP contribution in [0.5, 0.6) is 0 Å². The topological polar surface area (TPSA) is 33.6 Å². The maximum atomic E-state index is 5.27. The van der Waals surface area contributed by atoms with Crippen LogP contribution in [0.1, 0.15) is 13.3 Å². The van der Waals surface area contributed by atoms with Gasteiger partial charge in [-0.2, -0.15) is 0 Å². The zero-order valence-corrected chi connectivity index (χ0v) is 8.06. The van der Waals surface area contributed by atoms with Crippen molar-refractivity contribution in [3.05, 3.63) is 0 Å².